The zero-order valence-corrected chi connectivity index (χ0v) is 12.5. The molecule has 0 radical (unpaired) electrons. The lowest BCUT2D eigenvalue weighted by Gasteiger charge is -2.07. The third-order valence-corrected chi connectivity index (χ3v) is 2.68. The minimum atomic E-state index is -0.515. The highest BCUT2D eigenvalue weighted by atomic mass is 79.9. The number of amides is 1. The van der Waals surface area contributed by atoms with Gasteiger partial charge in [-0.1, -0.05) is 22.9 Å². The quantitative estimate of drug-likeness (QED) is 0.783. The lowest BCUT2D eigenvalue weighted by Crippen LogP contribution is -2.32. The van der Waals surface area contributed by atoms with Gasteiger partial charge in [-0.2, -0.15) is 0 Å². The summed E-state index contributed by atoms with van der Waals surface area (Å²) in [5.74, 6) is -0.897. The van der Waals surface area contributed by atoms with Gasteiger partial charge in [-0.15, -0.1) is 12.4 Å². The van der Waals surface area contributed by atoms with E-state index in [-0.39, 0.29) is 23.9 Å². The SMILES string of the molecule is CCCNCCNC(=O)c1ccc(Br)cc1F.Cl. The van der Waals surface area contributed by atoms with Gasteiger partial charge in [-0.05, 0) is 31.2 Å². The van der Waals surface area contributed by atoms with E-state index in [9.17, 15) is 9.18 Å². The lowest BCUT2D eigenvalue weighted by molar-refractivity contribution is 0.0950. The average molecular weight is 340 g/mol. The Kier molecular flexibility index (Phi) is 8.97. The molecule has 0 fully saturated rings. The van der Waals surface area contributed by atoms with E-state index in [1.807, 2.05) is 0 Å². The number of carbonyl (C=O) groups excluding carboxylic acids is 1. The van der Waals surface area contributed by atoms with Crippen LogP contribution < -0.4 is 10.6 Å². The maximum absolute atomic E-state index is 13.4. The Bertz CT molecular complexity index is 390. The molecule has 1 aromatic carbocycles. The fourth-order valence-corrected chi connectivity index (χ4v) is 1.67. The first-order valence-corrected chi connectivity index (χ1v) is 6.38. The summed E-state index contributed by atoms with van der Waals surface area (Å²) in [6.07, 6.45) is 1.05. The summed E-state index contributed by atoms with van der Waals surface area (Å²) in [6.45, 7) is 4.18. The molecule has 102 valence electrons. The van der Waals surface area contributed by atoms with Crippen molar-refractivity contribution in [1.29, 1.82) is 0 Å². The summed E-state index contributed by atoms with van der Waals surface area (Å²) in [5.41, 5.74) is 0.0729. The van der Waals surface area contributed by atoms with E-state index in [1.54, 1.807) is 6.07 Å². The van der Waals surface area contributed by atoms with E-state index >= 15 is 0 Å². The molecular weight excluding hydrogens is 322 g/mol. The molecule has 0 bridgehead atoms. The second kappa shape index (κ2) is 9.30. The molecule has 1 aromatic rings. The first-order valence-electron chi connectivity index (χ1n) is 5.59. The monoisotopic (exact) mass is 338 g/mol. The van der Waals surface area contributed by atoms with Gasteiger partial charge in [0.25, 0.3) is 5.91 Å². The normalized spacial score (nSPS) is 9.72. The molecule has 0 aromatic heterocycles. The summed E-state index contributed by atoms with van der Waals surface area (Å²) >= 11 is 3.14. The summed E-state index contributed by atoms with van der Waals surface area (Å²) in [6, 6.07) is 4.39. The molecule has 2 N–H and O–H groups in total. The van der Waals surface area contributed by atoms with E-state index in [0.29, 0.717) is 17.6 Å². The largest absolute Gasteiger partial charge is 0.351 e. The van der Waals surface area contributed by atoms with E-state index < -0.39 is 5.82 Å². The summed E-state index contributed by atoms with van der Waals surface area (Å²) < 4.78 is 14.0. The fourth-order valence-electron chi connectivity index (χ4n) is 1.34. The highest BCUT2D eigenvalue weighted by molar-refractivity contribution is 9.10. The van der Waals surface area contributed by atoms with Crippen LogP contribution in [0.2, 0.25) is 0 Å². The topological polar surface area (TPSA) is 41.1 Å². The van der Waals surface area contributed by atoms with Gasteiger partial charge in [0.1, 0.15) is 5.82 Å². The molecule has 0 aliphatic carbocycles. The molecule has 0 aliphatic rings. The van der Waals surface area contributed by atoms with Gasteiger partial charge in [-0.3, -0.25) is 4.79 Å². The minimum Gasteiger partial charge on any atom is -0.351 e. The molecule has 18 heavy (non-hydrogen) atoms. The van der Waals surface area contributed by atoms with Crippen molar-refractivity contribution in [1.82, 2.24) is 10.6 Å². The molecule has 0 atom stereocenters. The van der Waals surface area contributed by atoms with Crippen molar-refractivity contribution < 1.29 is 9.18 Å². The van der Waals surface area contributed by atoms with Crippen LogP contribution >= 0.6 is 28.3 Å². The average Bonchev–Trinajstić information content (AvgIpc) is 2.28. The first kappa shape index (κ1) is 17.4. The predicted molar refractivity (Wildman–Crippen MR) is 76.8 cm³/mol. The molecule has 0 saturated heterocycles. The predicted octanol–water partition coefficient (Wildman–Crippen LogP) is 2.74. The van der Waals surface area contributed by atoms with Crippen LogP contribution in [-0.2, 0) is 0 Å². The summed E-state index contributed by atoms with van der Waals surface area (Å²) in [4.78, 5) is 11.6. The Labute approximate surface area is 121 Å². The van der Waals surface area contributed by atoms with Crippen LogP contribution in [0.4, 0.5) is 4.39 Å². The highest BCUT2D eigenvalue weighted by Gasteiger charge is 2.10. The maximum Gasteiger partial charge on any atom is 0.254 e. The molecule has 1 amide bonds. The standard InChI is InChI=1S/C12H16BrFN2O.ClH/c1-2-5-15-6-7-16-12(17)10-4-3-9(13)8-11(10)14;/h3-4,8,15H,2,5-7H2,1H3,(H,16,17);1H. The highest BCUT2D eigenvalue weighted by Crippen LogP contribution is 2.14. The van der Waals surface area contributed by atoms with Gasteiger partial charge in [0, 0.05) is 17.6 Å². The lowest BCUT2D eigenvalue weighted by atomic mass is 10.2. The number of rotatable bonds is 6. The number of benzene rings is 1. The zero-order chi connectivity index (χ0) is 12.7. The van der Waals surface area contributed by atoms with Crippen molar-refractivity contribution in [2.75, 3.05) is 19.6 Å². The maximum atomic E-state index is 13.4. The van der Waals surface area contributed by atoms with Crippen molar-refractivity contribution in [2.24, 2.45) is 0 Å². The van der Waals surface area contributed by atoms with Crippen molar-refractivity contribution in [3.8, 4) is 0 Å². The third kappa shape index (κ3) is 5.80. The van der Waals surface area contributed by atoms with E-state index in [0.717, 1.165) is 13.0 Å². The molecule has 1 rings (SSSR count). The second-order valence-electron chi connectivity index (χ2n) is 3.63. The number of nitrogens with one attached hydrogen (secondary N) is 2. The Hall–Kier alpha value is -0.650. The van der Waals surface area contributed by atoms with Crippen LogP contribution in [0.3, 0.4) is 0 Å². The molecule has 0 unspecified atom stereocenters. The Morgan fingerprint density at radius 1 is 1.33 bits per heavy atom. The van der Waals surface area contributed by atoms with Crippen LogP contribution in [0, 0.1) is 5.82 Å². The molecular formula is C12H17BrClFN2O. The molecule has 6 heteroatoms. The van der Waals surface area contributed by atoms with Crippen LogP contribution in [-0.4, -0.2) is 25.5 Å². The van der Waals surface area contributed by atoms with Crippen molar-refractivity contribution >= 4 is 34.2 Å². The zero-order valence-electron chi connectivity index (χ0n) is 10.1. The van der Waals surface area contributed by atoms with Gasteiger partial charge in [0.2, 0.25) is 0 Å². The van der Waals surface area contributed by atoms with E-state index in [1.165, 1.54) is 12.1 Å². The minimum absolute atomic E-state index is 0. The molecule has 0 spiro atoms. The molecule has 0 heterocycles. The second-order valence-corrected chi connectivity index (χ2v) is 4.55. The van der Waals surface area contributed by atoms with Gasteiger partial charge in [0.05, 0.1) is 5.56 Å². The van der Waals surface area contributed by atoms with Crippen LogP contribution in [0.5, 0.6) is 0 Å². The summed E-state index contributed by atoms with van der Waals surface area (Å²) in [7, 11) is 0. The van der Waals surface area contributed by atoms with Gasteiger partial charge >= 0.3 is 0 Å². The number of carbonyl (C=O) groups is 1. The number of hydrogen-bond acceptors (Lipinski definition) is 2. The number of hydrogen-bond donors (Lipinski definition) is 2. The van der Waals surface area contributed by atoms with Gasteiger partial charge in [0.15, 0.2) is 0 Å². The fraction of sp³-hybridized carbons (Fsp3) is 0.417. The van der Waals surface area contributed by atoms with Crippen molar-refractivity contribution in [3.63, 3.8) is 0 Å². The van der Waals surface area contributed by atoms with Gasteiger partial charge < -0.3 is 10.6 Å². The first-order chi connectivity index (χ1) is 8.15. The molecule has 0 saturated carbocycles. The Balaban J connectivity index is 0.00000289. The molecule has 0 aliphatic heterocycles. The van der Waals surface area contributed by atoms with Gasteiger partial charge in [-0.25, -0.2) is 4.39 Å². The van der Waals surface area contributed by atoms with Crippen LogP contribution in [0.1, 0.15) is 23.7 Å². The molecule has 3 nitrogen and oxygen atoms in total. The Morgan fingerprint density at radius 3 is 2.67 bits per heavy atom. The van der Waals surface area contributed by atoms with Crippen LogP contribution in [0.25, 0.3) is 0 Å². The van der Waals surface area contributed by atoms with E-state index in [4.69, 9.17) is 0 Å². The Morgan fingerprint density at radius 2 is 2.06 bits per heavy atom. The van der Waals surface area contributed by atoms with Crippen molar-refractivity contribution in [2.45, 2.75) is 13.3 Å². The van der Waals surface area contributed by atoms with E-state index in [2.05, 4.69) is 33.5 Å². The third-order valence-electron chi connectivity index (χ3n) is 2.19. The summed E-state index contributed by atoms with van der Waals surface area (Å²) in [5, 5.41) is 5.81. The smallest absolute Gasteiger partial charge is 0.254 e. The van der Waals surface area contributed by atoms with Crippen molar-refractivity contribution in [3.05, 3.63) is 34.1 Å². The van der Waals surface area contributed by atoms with Crippen LogP contribution in [0.15, 0.2) is 22.7 Å². The number of halogens is 3.